The van der Waals surface area contributed by atoms with Gasteiger partial charge < -0.3 is 0 Å². The van der Waals surface area contributed by atoms with E-state index in [-0.39, 0.29) is 5.92 Å². The highest BCUT2D eigenvalue weighted by molar-refractivity contribution is 9.10. The number of benzene rings is 6. The van der Waals surface area contributed by atoms with Gasteiger partial charge in [0.1, 0.15) is 0 Å². The molecule has 0 nitrogen and oxygen atoms in total. The molecule has 1 heteroatoms. The summed E-state index contributed by atoms with van der Waals surface area (Å²) in [5.74, 6) is 0.258. The molecule has 0 aromatic heterocycles. The Morgan fingerprint density at radius 1 is 0.385 bits per heavy atom. The molecule has 0 heterocycles. The highest BCUT2D eigenvalue weighted by atomic mass is 79.9. The molecule has 1 atom stereocenters. The fourth-order valence-corrected chi connectivity index (χ4v) is 5.64. The van der Waals surface area contributed by atoms with Gasteiger partial charge >= 0.3 is 0 Å². The van der Waals surface area contributed by atoms with Crippen LogP contribution in [0.2, 0.25) is 0 Å². The number of rotatable bonds is 7. The zero-order valence-corrected chi connectivity index (χ0v) is 23.3. The molecule has 0 unspecified atom stereocenters. The molecule has 0 aliphatic carbocycles. The van der Waals surface area contributed by atoms with Crippen molar-refractivity contribution in [3.8, 4) is 33.4 Å². The van der Waals surface area contributed by atoms with Crippen molar-refractivity contribution >= 4 is 15.9 Å². The van der Waals surface area contributed by atoms with E-state index in [1.54, 1.807) is 0 Å². The topological polar surface area (TPSA) is 0 Å². The first-order chi connectivity index (χ1) is 19.2. The van der Waals surface area contributed by atoms with E-state index in [9.17, 15) is 0 Å². The Bertz CT molecular complexity index is 1630. The Morgan fingerprint density at radius 3 is 1.28 bits per heavy atom. The second-order valence-corrected chi connectivity index (χ2v) is 10.9. The van der Waals surface area contributed by atoms with Gasteiger partial charge in [-0.05, 0) is 68.6 Å². The maximum absolute atomic E-state index is 3.61. The summed E-state index contributed by atoms with van der Waals surface area (Å²) in [7, 11) is 0. The van der Waals surface area contributed by atoms with Gasteiger partial charge in [-0.15, -0.1) is 0 Å². The van der Waals surface area contributed by atoms with Crippen LogP contribution in [-0.4, -0.2) is 0 Å². The molecule has 6 aromatic carbocycles. The van der Waals surface area contributed by atoms with Crippen molar-refractivity contribution in [3.63, 3.8) is 0 Å². The Hall–Kier alpha value is -4.20. The maximum atomic E-state index is 3.61. The molecule has 0 amide bonds. The fourth-order valence-electron chi connectivity index (χ4n) is 5.24. The van der Waals surface area contributed by atoms with Crippen LogP contribution in [0.4, 0.5) is 0 Å². The third-order valence-electron chi connectivity index (χ3n) is 7.39. The molecule has 0 bridgehead atoms. The van der Waals surface area contributed by atoms with Crippen molar-refractivity contribution in [2.75, 3.05) is 0 Å². The van der Waals surface area contributed by atoms with Crippen LogP contribution in [0.1, 0.15) is 22.6 Å². The first-order valence-electron chi connectivity index (χ1n) is 13.4. The van der Waals surface area contributed by atoms with E-state index >= 15 is 0 Å². The van der Waals surface area contributed by atoms with Crippen molar-refractivity contribution in [2.24, 2.45) is 0 Å². The monoisotopic (exact) mass is 564 g/mol. The Labute approximate surface area is 239 Å². The molecule has 0 aliphatic heterocycles. The summed E-state index contributed by atoms with van der Waals surface area (Å²) in [5.41, 5.74) is 11.4. The van der Waals surface area contributed by atoms with Crippen molar-refractivity contribution in [1.29, 1.82) is 0 Å². The predicted octanol–water partition coefficient (Wildman–Crippen LogP) is 10.8. The standard InChI is InChI=1S/C38H29Br/c39-37-13-7-12-36(27-37)33-20-24-35(25-21-33)38(34-22-18-32(19-23-34)30-10-5-2-6-11-30)26-28-14-16-31(17-15-28)29-8-3-1-4-9-29/h1-25,27,38H,26H2/t38-/m1/s1. The summed E-state index contributed by atoms with van der Waals surface area (Å²) in [6.07, 6.45) is 0.940. The number of halogens is 1. The highest BCUT2D eigenvalue weighted by Gasteiger charge is 2.16. The number of hydrogen-bond donors (Lipinski definition) is 0. The van der Waals surface area contributed by atoms with Gasteiger partial charge in [-0.2, -0.15) is 0 Å². The third-order valence-corrected chi connectivity index (χ3v) is 7.89. The van der Waals surface area contributed by atoms with Crippen LogP contribution in [0.25, 0.3) is 33.4 Å². The Morgan fingerprint density at radius 2 is 0.795 bits per heavy atom. The van der Waals surface area contributed by atoms with E-state index < -0.39 is 0 Å². The molecule has 0 N–H and O–H groups in total. The predicted molar refractivity (Wildman–Crippen MR) is 169 cm³/mol. The molecule has 0 aliphatic rings. The van der Waals surface area contributed by atoms with Crippen LogP contribution in [-0.2, 0) is 6.42 Å². The van der Waals surface area contributed by atoms with Crippen LogP contribution >= 0.6 is 15.9 Å². The van der Waals surface area contributed by atoms with Gasteiger partial charge in [-0.1, -0.05) is 162 Å². The molecule has 0 fully saturated rings. The molecular weight excluding hydrogens is 536 g/mol. The van der Waals surface area contributed by atoms with Crippen molar-refractivity contribution < 1.29 is 0 Å². The lowest BCUT2D eigenvalue weighted by molar-refractivity contribution is 0.805. The van der Waals surface area contributed by atoms with Gasteiger partial charge in [0.25, 0.3) is 0 Å². The molecule has 188 valence electrons. The number of hydrogen-bond acceptors (Lipinski definition) is 0. The van der Waals surface area contributed by atoms with Crippen LogP contribution in [0.5, 0.6) is 0 Å². The van der Waals surface area contributed by atoms with Crippen LogP contribution in [0.15, 0.2) is 162 Å². The summed E-state index contributed by atoms with van der Waals surface area (Å²) < 4.78 is 1.10. The van der Waals surface area contributed by atoms with E-state index in [2.05, 4.69) is 174 Å². The smallest absolute Gasteiger partial charge is 0.0181 e. The first kappa shape index (κ1) is 25.1. The summed E-state index contributed by atoms with van der Waals surface area (Å²) in [5, 5.41) is 0. The quantitative estimate of drug-likeness (QED) is 0.181. The van der Waals surface area contributed by atoms with E-state index in [1.807, 2.05) is 0 Å². The molecule has 6 rings (SSSR count). The zero-order valence-electron chi connectivity index (χ0n) is 21.7. The summed E-state index contributed by atoms with van der Waals surface area (Å²) in [4.78, 5) is 0. The molecule has 0 saturated heterocycles. The molecule has 0 spiro atoms. The van der Waals surface area contributed by atoms with Crippen molar-refractivity contribution in [1.82, 2.24) is 0 Å². The van der Waals surface area contributed by atoms with Gasteiger partial charge in [0.2, 0.25) is 0 Å². The SMILES string of the molecule is Brc1cccc(-c2ccc([C@H](Cc3ccc(-c4ccccc4)cc3)c3ccc(-c4ccccc4)cc3)cc2)c1. The van der Waals surface area contributed by atoms with E-state index in [0.717, 1.165) is 10.9 Å². The van der Waals surface area contributed by atoms with E-state index in [1.165, 1.54) is 50.1 Å². The second kappa shape index (κ2) is 11.7. The van der Waals surface area contributed by atoms with E-state index in [0.29, 0.717) is 0 Å². The molecule has 0 saturated carbocycles. The average molecular weight is 566 g/mol. The molecule has 0 radical (unpaired) electrons. The summed E-state index contributed by atoms with van der Waals surface area (Å²) in [6.45, 7) is 0. The van der Waals surface area contributed by atoms with Gasteiger partial charge in [0.15, 0.2) is 0 Å². The normalized spacial score (nSPS) is 11.7. The minimum Gasteiger partial charge on any atom is -0.0622 e. The largest absolute Gasteiger partial charge is 0.0622 e. The van der Waals surface area contributed by atoms with Gasteiger partial charge in [0, 0.05) is 10.4 Å². The zero-order chi connectivity index (χ0) is 26.4. The Kier molecular flexibility index (Phi) is 7.52. The van der Waals surface area contributed by atoms with Gasteiger partial charge in [-0.25, -0.2) is 0 Å². The fraction of sp³-hybridized carbons (Fsp3) is 0.0526. The molecular formula is C38H29Br. The average Bonchev–Trinajstić information content (AvgIpc) is 3.01. The third kappa shape index (κ3) is 5.95. The lowest BCUT2D eigenvalue weighted by atomic mass is 9.84. The minimum absolute atomic E-state index is 0.258. The molecule has 6 aromatic rings. The van der Waals surface area contributed by atoms with Crippen LogP contribution in [0.3, 0.4) is 0 Å². The summed E-state index contributed by atoms with van der Waals surface area (Å²) >= 11 is 3.61. The second-order valence-electron chi connectivity index (χ2n) is 9.94. The van der Waals surface area contributed by atoms with Crippen LogP contribution in [0, 0.1) is 0 Å². The van der Waals surface area contributed by atoms with Crippen molar-refractivity contribution in [3.05, 3.63) is 179 Å². The first-order valence-corrected chi connectivity index (χ1v) is 14.2. The Balaban J connectivity index is 1.32. The lowest BCUT2D eigenvalue weighted by Gasteiger charge is -2.20. The minimum atomic E-state index is 0.258. The molecule has 39 heavy (non-hydrogen) atoms. The maximum Gasteiger partial charge on any atom is 0.0181 e. The van der Waals surface area contributed by atoms with Crippen molar-refractivity contribution in [2.45, 2.75) is 12.3 Å². The van der Waals surface area contributed by atoms with Gasteiger partial charge in [0.05, 0.1) is 0 Å². The highest BCUT2D eigenvalue weighted by Crippen LogP contribution is 2.33. The van der Waals surface area contributed by atoms with E-state index in [4.69, 9.17) is 0 Å². The lowest BCUT2D eigenvalue weighted by Crippen LogP contribution is -2.05. The van der Waals surface area contributed by atoms with Gasteiger partial charge in [-0.3, -0.25) is 0 Å². The van der Waals surface area contributed by atoms with Crippen LogP contribution < -0.4 is 0 Å². The summed E-state index contributed by atoms with van der Waals surface area (Å²) in [6, 6.07) is 56.9.